The molecule has 8 heteroatoms. The largest absolute Gasteiger partial charge is 0.496 e. The number of rotatable bonds is 4. The maximum atomic E-state index is 13.2. The lowest BCUT2D eigenvalue weighted by Gasteiger charge is -2.12. The molecule has 0 aliphatic rings. The van der Waals surface area contributed by atoms with Crippen LogP contribution in [0.5, 0.6) is 11.6 Å². The molecule has 0 aliphatic carbocycles. The zero-order valence-electron chi connectivity index (χ0n) is 15.3. The highest BCUT2D eigenvalue weighted by atomic mass is 35.5. The molecule has 6 nitrogen and oxygen atoms in total. The van der Waals surface area contributed by atoms with E-state index in [-0.39, 0.29) is 18.0 Å². The van der Waals surface area contributed by atoms with E-state index in [2.05, 4.69) is 4.98 Å². The number of nitrogens with zero attached hydrogens (tertiary/aromatic N) is 3. The number of pyridine rings is 2. The van der Waals surface area contributed by atoms with Crippen molar-refractivity contribution in [2.75, 3.05) is 7.11 Å². The highest BCUT2D eigenvalue weighted by molar-refractivity contribution is 6.31. The van der Waals surface area contributed by atoms with E-state index in [9.17, 15) is 14.3 Å². The molecule has 0 aliphatic heterocycles. The van der Waals surface area contributed by atoms with E-state index in [1.807, 2.05) is 0 Å². The molecule has 0 saturated carbocycles. The number of hydrogen-bond acceptors (Lipinski definition) is 4. The molecule has 0 atom stereocenters. The first-order chi connectivity index (χ1) is 14.0. The minimum Gasteiger partial charge on any atom is -0.496 e. The molecule has 0 fully saturated rings. The fourth-order valence-corrected chi connectivity index (χ4v) is 3.41. The van der Waals surface area contributed by atoms with Crippen LogP contribution in [0.4, 0.5) is 4.39 Å². The molecule has 1 aromatic carbocycles. The molecule has 0 spiro atoms. The Morgan fingerprint density at radius 1 is 1.24 bits per heavy atom. The maximum Gasteiger partial charge on any atom is 0.354 e. The number of halogens is 2. The van der Waals surface area contributed by atoms with Crippen LogP contribution in [0.1, 0.15) is 5.56 Å². The summed E-state index contributed by atoms with van der Waals surface area (Å²) in [6.45, 7) is 0.169. The van der Waals surface area contributed by atoms with Gasteiger partial charge < -0.3 is 9.84 Å². The molecule has 0 radical (unpaired) electrons. The van der Waals surface area contributed by atoms with Gasteiger partial charge in [0.15, 0.2) is 5.56 Å². The predicted molar refractivity (Wildman–Crippen MR) is 106 cm³/mol. The fraction of sp³-hybridized carbons (Fsp3) is 0.0952. The Balaban J connectivity index is 2.03. The Kier molecular flexibility index (Phi) is 4.90. The summed E-state index contributed by atoms with van der Waals surface area (Å²) in [5, 5.41) is 11.5. The van der Waals surface area contributed by atoms with Crippen LogP contribution in [0.15, 0.2) is 65.7 Å². The van der Waals surface area contributed by atoms with Crippen molar-refractivity contribution in [3.05, 3.63) is 87.8 Å². The summed E-state index contributed by atoms with van der Waals surface area (Å²) in [4.78, 5) is 16.9. The summed E-state index contributed by atoms with van der Waals surface area (Å²) in [5.74, 6) is -0.458. The highest BCUT2D eigenvalue weighted by Gasteiger charge is 2.27. The van der Waals surface area contributed by atoms with Gasteiger partial charge in [-0.3, -0.25) is 0 Å². The second-order valence-electron chi connectivity index (χ2n) is 6.35. The average molecular weight is 413 g/mol. The first-order valence-electron chi connectivity index (χ1n) is 8.70. The fourth-order valence-electron chi connectivity index (χ4n) is 3.24. The summed E-state index contributed by atoms with van der Waals surface area (Å²) >= 11 is 6.13. The molecule has 0 unspecified atom stereocenters. The van der Waals surface area contributed by atoms with Crippen molar-refractivity contribution in [1.29, 1.82) is 0 Å². The molecule has 0 saturated heterocycles. The van der Waals surface area contributed by atoms with Crippen LogP contribution in [-0.2, 0) is 6.54 Å². The Morgan fingerprint density at radius 2 is 2.07 bits per heavy atom. The van der Waals surface area contributed by atoms with Gasteiger partial charge in [-0.1, -0.05) is 17.7 Å². The van der Waals surface area contributed by atoms with E-state index in [1.165, 1.54) is 23.8 Å². The molecular weight excluding hydrogens is 397 g/mol. The van der Waals surface area contributed by atoms with Gasteiger partial charge in [0.1, 0.15) is 12.3 Å². The van der Waals surface area contributed by atoms with Gasteiger partial charge in [0.05, 0.1) is 13.3 Å². The molecule has 4 rings (SSSR count). The maximum absolute atomic E-state index is 13.2. The van der Waals surface area contributed by atoms with E-state index in [1.54, 1.807) is 53.2 Å². The number of hydrogen-bond donors (Lipinski definition) is 1. The highest BCUT2D eigenvalue weighted by Crippen LogP contribution is 2.35. The average Bonchev–Trinajstić information content (AvgIpc) is 2.73. The number of ether oxygens (including phenoxy) is 1. The first kappa shape index (κ1) is 18.9. The van der Waals surface area contributed by atoms with Crippen LogP contribution in [0.2, 0.25) is 5.02 Å². The van der Waals surface area contributed by atoms with Crippen LogP contribution in [0.3, 0.4) is 0 Å². The third-order valence-electron chi connectivity index (χ3n) is 4.59. The molecule has 3 heterocycles. The summed E-state index contributed by atoms with van der Waals surface area (Å²) in [7, 11) is 1.47. The molecule has 4 aromatic rings. The summed E-state index contributed by atoms with van der Waals surface area (Å²) in [5.41, 5.74) is 1.10. The van der Waals surface area contributed by atoms with Crippen molar-refractivity contribution in [2.24, 2.45) is 0 Å². The molecule has 3 aromatic heterocycles. The van der Waals surface area contributed by atoms with E-state index in [0.717, 1.165) is 0 Å². The molecule has 1 N–H and O–H groups in total. The van der Waals surface area contributed by atoms with Gasteiger partial charge in [0.25, 0.3) is 11.5 Å². The van der Waals surface area contributed by atoms with E-state index in [0.29, 0.717) is 27.5 Å². The third-order valence-corrected chi connectivity index (χ3v) is 4.82. The lowest BCUT2D eigenvalue weighted by molar-refractivity contribution is -0.532. The van der Waals surface area contributed by atoms with E-state index in [4.69, 9.17) is 16.3 Å². The van der Waals surface area contributed by atoms with Gasteiger partial charge in [0.2, 0.25) is 5.95 Å². The van der Waals surface area contributed by atoms with Crippen molar-refractivity contribution in [2.45, 2.75) is 6.54 Å². The first-order valence-corrected chi connectivity index (χ1v) is 9.08. The number of fused-ring (bicyclic) bond motifs is 1. The zero-order chi connectivity index (χ0) is 20.5. The summed E-state index contributed by atoms with van der Waals surface area (Å²) in [6.07, 6.45) is 2.99. The third kappa shape index (κ3) is 3.40. The zero-order valence-corrected chi connectivity index (χ0v) is 16.1. The van der Waals surface area contributed by atoms with E-state index < -0.39 is 11.5 Å². The topological polar surface area (TPSA) is 68.5 Å². The van der Waals surface area contributed by atoms with Crippen LogP contribution in [0.25, 0.3) is 16.8 Å². The van der Waals surface area contributed by atoms with Gasteiger partial charge in [0, 0.05) is 28.4 Å². The Hall–Kier alpha value is -3.45. The number of benzene rings is 1. The molecule has 0 bridgehead atoms. The predicted octanol–water partition coefficient (Wildman–Crippen LogP) is 3.20. The van der Waals surface area contributed by atoms with Crippen LogP contribution >= 0.6 is 11.6 Å². The van der Waals surface area contributed by atoms with Crippen molar-refractivity contribution in [3.63, 3.8) is 0 Å². The van der Waals surface area contributed by atoms with Gasteiger partial charge in [-0.15, -0.1) is 0 Å². The SMILES string of the molecule is COc1ccc(Cl)cc1-c1c(O)n(Cc2ccc(F)nc2)c2cccc[n+]2c1=O. The lowest BCUT2D eigenvalue weighted by atomic mass is 10.1. The summed E-state index contributed by atoms with van der Waals surface area (Å²) < 4.78 is 21.5. The van der Waals surface area contributed by atoms with Crippen molar-refractivity contribution in [3.8, 4) is 22.8 Å². The number of aromatic nitrogens is 3. The standard InChI is InChI=1S/C21H15ClFN3O3/c1-29-16-7-6-14(22)10-15(16)19-20(27)25-9-3-2-4-18(25)26(21(19)28)12-13-5-8-17(23)24-11-13/h2-11H,12H2,1H3/p+1. The Labute approximate surface area is 170 Å². The molecule has 0 amide bonds. The Bertz CT molecular complexity index is 1270. The number of aromatic hydroxyl groups is 1. The second kappa shape index (κ2) is 7.52. The van der Waals surface area contributed by atoms with Gasteiger partial charge in [-0.25, -0.2) is 9.78 Å². The lowest BCUT2D eigenvalue weighted by Crippen LogP contribution is -2.43. The quantitative estimate of drug-likeness (QED) is 0.413. The van der Waals surface area contributed by atoms with Crippen molar-refractivity contribution in [1.82, 2.24) is 9.55 Å². The monoisotopic (exact) mass is 412 g/mol. The van der Waals surface area contributed by atoms with E-state index >= 15 is 0 Å². The molecule has 29 heavy (non-hydrogen) atoms. The van der Waals surface area contributed by atoms with Gasteiger partial charge >= 0.3 is 5.56 Å². The Morgan fingerprint density at radius 3 is 2.79 bits per heavy atom. The molecule has 146 valence electrons. The van der Waals surface area contributed by atoms with Crippen LogP contribution in [-0.4, -0.2) is 21.8 Å². The normalized spacial score (nSPS) is 11.0. The van der Waals surface area contributed by atoms with Crippen LogP contribution in [0, 0.1) is 5.95 Å². The van der Waals surface area contributed by atoms with Gasteiger partial charge in [-0.2, -0.15) is 13.4 Å². The second-order valence-corrected chi connectivity index (χ2v) is 6.79. The minimum atomic E-state index is -0.596. The van der Waals surface area contributed by atoms with Crippen molar-refractivity contribution < 1.29 is 18.6 Å². The van der Waals surface area contributed by atoms with Gasteiger partial charge in [-0.05, 0) is 36.4 Å². The van der Waals surface area contributed by atoms with Crippen LogP contribution < -0.4 is 14.7 Å². The number of methoxy groups -OCH3 is 1. The smallest absolute Gasteiger partial charge is 0.354 e. The summed E-state index contributed by atoms with van der Waals surface area (Å²) in [6, 6.07) is 12.8. The van der Waals surface area contributed by atoms with Crippen molar-refractivity contribution >= 4 is 17.2 Å². The molecular formula is C21H16ClFN3O3+. The minimum absolute atomic E-state index is 0.0446.